The van der Waals surface area contributed by atoms with E-state index in [1.807, 2.05) is 39.5 Å². The third-order valence-electron chi connectivity index (χ3n) is 2.83. The highest BCUT2D eigenvalue weighted by Crippen LogP contribution is 2.06. The van der Waals surface area contributed by atoms with Crippen LogP contribution in [0.25, 0.3) is 0 Å². The van der Waals surface area contributed by atoms with E-state index in [0.29, 0.717) is 19.5 Å². The van der Waals surface area contributed by atoms with E-state index in [9.17, 15) is 9.59 Å². The van der Waals surface area contributed by atoms with E-state index in [-0.39, 0.29) is 12.0 Å². The van der Waals surface area contributed by atoms with Crippen LogP contribution in [0.1, 0.15) is 47.5 Å². The smallest absolute Gasteiger partial charge is 0.407 e. The first-order valence-electron chi connectivity index (χ1n) is 7.75. The van der Waals surface area contributed by atoms with Crippen LogP contribution in [0.4, 0.5) is 4.79 Å². The Morgan fingerprint density at radius 3 is 2.19 bits per heavy atom. The van der Waals surface area contributed by atoms with Crippen molar-refractivity contribution in [1.29, 1.82) is 0 Å². The molecule has 0 unspecified atom stereocenters. The van der Waals surface area contributed by atoms with Gasteiger partial charge in [-0.2, -0.15) is 0 Å². The molecule has 0 rings (SSSR count). The van der Waals surface area contributed by atoms with Crippen LogP contribution in [0.2, 0.25) is 0 Å². The van der Waals surface area contributed by atoms with Gasteiger partial charge in [-0.3, -0.25) is 4.79 Å². The average molecular weight is 301 g/mol. The molecule has 0 aromatic rings. The number of carbonyl (C=O) groups is 2. The van der Waals surface area contributed by atoms with Crippen molar-refractivity contribution in [2.45, 2.75) is 53.1 Å². The molecule has 6 nitrogen and oxygen atoms in total. The van der Waals surface area contributed by atoms with E-state index >= 15 is 0 Å². The molecule has 124 valence electrons. The summed E-state index contributed by atoms with van der Waals surface area (Å²) >= 11 is 0. The number of rotatable bonds is 9. The molecular weight excluding hydrogens is 270 g/mol. The van der Waals surface area contributed by atoms with E-state index in [4.69, 9.17) is 4.74 Å². The summed E-state index contributed by atoms with van der Waals surface area (Å²) in [4.78, 5) is 24.9. The van der Waals surface area contributed by atoms with Crippen LogP contribution in [-0.4, -0.2) is 55.2 Å². The summed E-state index contributed by atoms with van der Waals surface area (Å²) in [6.07, 6.45) is 0.930. The molecule has 0 aliphatic heterocycles. The van der Waals surface area contributed by atoms with Crippen LogP contribution in [-0.2, 0) is 9.53 Å². The molecule has 0 saturated heterocycles. The maximum Gasteiger partial charge on any atom is 0.407 e. The second kappa shape index (κ2) is 10.4. The molecule has 0 heterocycles. The first-order valence-corrected chi connectivity index (χ1v) is 7.75. The van der Waals surface area contributed by atoms with Gasteiger partial charge in [-0.25, -0.2) is 4.79 Å². The highest BCUT2D eigenvalue weighted by atomic mass is 16.6. The fourth-order valence-electron chi connectivity index (χ4n) is 1.77. The Kier molecular flexibility index (Phi) is 9.78. The Hall–Kier alpha value is -1.30. The number of nitrogens with zero attached hydrogens (tertiary/aromatic N) is 1. The summed E-state index contributed by atoms with van der Waals surface area (Å²) < 4.78 is 5.13. The predicted octanol–water partition coefficient (Wildman–Crippen LogP) is 1.75. The summed E-state index contributed by atoms with van der Waals surface area (Å²) in [5, 5.41) is 5.90. The molecular formula is C15H31N3O3. The second-order valence-electron chi connectivity index (χ2n) is 5.85. The highest BCUT2D eigenvalue weighted by Gasteiger charge is 2.15. The summed E-state index contributed by atoms with van der Waals surface area (Å²) in [5.41, 5.74) is -0.465. The SMILES string of the molecule is CCN(CC)C(=O)CCNCCCNC(=O)OC(C)(C)C. The van der Waals surface area contributed by atoms with Crippen molar-refractivity contribution < 1.29 is 14.3 Å². The molecule has 0 aliphatic rings. The van der Waals surface area contributed by atoms with E-state index in [1.165, 1.54) is 0 Å². The van der Waals surface area contributed by atoms with Gasteiger partial charge in [-0.05, 0) is 47.6 Å². The highest BCUT2D eigenvalue weighted by molar-refractivity contribution is 5.76. The van der Waals surface area contributed by atoms with Crippen molar-refractivity contribution in [1.82, 2.24) is 15.5 Å². The first kappa shape index (κ1) is 19.7. The summed E-state index contributed by atoms with van der Waals surface area (Å²) in [6, 6.07) is 0. The summed E-state index contributed by atoms with van der Waals surface area (Å²) in [6.45, 7) is 13.0. The number of nitrogens with one attached hydrogen (secondary N) is 2. The third kappa shape index (κ3) is 11.1. The molecule has 0 saturated carbocycles. The minimum absolute atomic E-state index is 0.180. The van der Waals surface area contributed by atoms with E-state index < -0.39 is 5.60 Å². The van der Waals surface area contributed by atoms with Gasteiger partial charge in [-0.1, -0.05) is 0 Å². The van der Waals surface area contributed by atoms with Crippen molar-refractivity contribution in [2.24, 2.45) is 0 Å². The number of hydrogen-bond acceptors (Lipinski definition) is 4. The molecule has 0 bridgehead atoms. The molecule has 6 heteroatoms. The molecule has 0 aromatic carbocycles. The normalized spacial score (nSPS) is 11.1. The van der Waals surface area contributed by atoms with Crippen LogP contribution >= 0.6 is 0 Å². The molecule has 0 radical (unpaired) electrons. The molecule has 0 atom stereocenters. The maximum atomic E-state index is 11.7. The predicted molar refractivity (Wildman–Crippen MR) is 84.3 cm³/mol. The zero-order valence-corrected chi connectivity index (χ0v) is 14.1. The summed E-state index contributed by atoms with van der Waals surface area (Å²) in [5.74, 6) is 0.180. The van der Waals surface area contributed by atoms with E-state index in [0.717, 1.165) is 26.1 Å². The number of amides is 2. The minimum Gasteiger partial charge on any atom is -0.444 e. The van der Waals surface area contributed by atoms with Crippen molar-refractivity contribution >= 4 is 12.0 Å². The Labute approximate surface area is 128 Å². The molecule has 2 N–H and O–H groups in total. The monoisotopic (exact) mass is 301 g/mol. The van der Waals surface area contributed by atoms with Crippen molar-refractivity contribution in [3.8, 4) is 0 Å². The van der Waals surface area contributed by atoms with Gasteiger partial charge in [0, 0.05) is 32.6 Å². The molecule has 0 fully saturated rings. The van der Waals surface area contributed by atoms with Gasteiger partial charge in [0.2, 0.25) is 5.91 Å². The third-order valence-corrected chi connectivity index (χ3v) is 2.83. The van der Waals surface area contributed by atoms with Gasteiger partial charge in [0.05, 0.1) is 0 Å². The first-order chi connectivity index (χ1) is 9.80. The van der Waals surface area contributed by atoms with Gasteiger partial charge in [-0.15, -0.1) is 0 Å². The van der Waals surface area contributed by atoms with Crippen LogP contribution in [0.15, 0.2) is 0 Å². The van der Waals surface area contributed by atoms with Crippen LogP contribution in [0.5, 0.6) is 0 Å². The fraction of sp³-hybridized carbons (Fsp3) is 0.867. The topological polar surface area (TPSA) is 70.7 Å². The molecule has 0 spiro atoms. The average Bonchev–Trinajstić information content (AvgIpc) is 2.37. The maximum absolute atomic E-state index is 11.7. The van der Waals surface area contributed by atoms with E-state index in [1.54, 1.807) is 0 Å². The van der Waals surface area contributed by atoms with Crippen molar-refractivity contribution in [2.75, 3.05) is 32.7 Å². The van der Waals surface area contributed by atoms with Crippen LogP contribution < -0.4 is 10.6 Å². The largest absolute Gasteiger partial charge is 0.444 e. The lowest BCUT2D eigenvalue weighted by Gasteiger charge is -2.19. The molecule has 0 aliphatic carbocycles. The number of carbonyl (C=O) groups excluding carboxylic acids is 2. The van der Waals surface area contributed by atoms with Crippen molar-refractivity contribution in [3.05, 3.63) is 0 Å². The van der Waals surface area contributed by atoms with Gasteiger partial charge in [0.25, 0.3) is 0 Å². The molecule has 21 heavy (non-hydrogen) atoms. The second-order valence-corrected chi connectivity index (χ2v) is 5.85. The lowest BCUT2D eigenvalue weighted by molar-refractivity contribution is -0.130. The fourth-order valence-corrected chi connectivity index (χ4v) is 1.77. The summed E-state index contributed by atoms with van der Waals surface area (Å²) in [7, 11) is 0. The lowest BCUT2D eigenvalue weighted by atomic mass is 10.2. The van der Waals surface area contributed by atoms with E-state index in [2.05, 4.69) is 10.6 Å². The van der Waals surface area contributed by atoms with Gasteiger partial charge in [0.1, 0.15) is 5.60 Å². The number of hydrogen-bond donors (Lipinski definition) is 2. The van der Waals surface area contributed by atoms with Gasteiger partial charge < -0.3 is 20.3 Å². The van der Waals surface area contributed by atoms with Crippen molar-refractivity contribution in [3.63, 3.8) is 0 Å². The standard InChI is InChI=1S/C15H31N3O3/c1-6-18(7-2)13(19)9-12-16-10-8-11-17-14(20)21-15(3,4)5/h16H,6-12H2,1-5H3,(H,17,20). The number of alkyl carbamates (subject to hydrolysis) is 1. The van der Waals surface area contributed by atoms with Gasteiger partial charge in [0.15, 0.2) is 0 Å². The Morgan fingerprint density at radius 1 is 1.05 bits per heavy atom. The zero-order chi connectivity index (χ0) is 16.3. The quantitative estimate of drug-likeness (QED) is 0.637. The Balaban J connectivity index is 3.53. The molecule has 0 aromatic heterocycles. The Morgan fingerprint density at radius 2 is 1.67 bits per heavy atom. The van der Waals surface area contributed by atoms with Gasteiger partial charge >= 0.3 is 6.09 Å². The Bertz CT molecular complexity index is 310. The minimum atomic E-state index is -0.465. The lowest BCUT2D eigenvalue weighted by Crippen LogP contribution is -2.35. The zero-order valence-electron chi connectivity index (χ0n) is 14.1. The number of ether oxygens (including phenoxy) is 1. The van der Waals surface area contributed by atoms with Crippen LogP contribution in [0.3, 0.4) is 0 Å². The molecule has 2 amide bonds. The van der Waals surface area contributed by atoms with Crippen LogP contribution in [0, 0.1) is 0 Å².